The van der Waals surface area contributed by atoms with Gasteiger partial charge < -0.3 is 19.7 Å². The van der Waals surface area contributed by atoms with E-state index < -0.39 is 5.97 Å². The monoisotopic (exact) mass is 480 g/mol. The molecule has 0 atom stereocenters. The van der Waals surface area contributed by atoms with E-state index in [2.05, 4.69) is 38.2 Å². The number of nitrogens with zero attached hydrogens (tertiary/aromatic N) is 1. The molecule has 2 aromatic rings. The van der Waals surface area contributed by atoms with E-state index in [4.69, 9.17) is 9.47 Å². The fourth-order valence-electron chi connectivity index (χ4n) is 4.03. The average Bonchev–Trinajstić information content (AvgIpc) is 2.81. The largest absolute Gasteiger partial charge is 0.494 e. The molecule has 0 aliphatic carbocycles. The number of ether oxygens (including phenoxy) is 2. The smallest absolute Gasteiger partial charge is 0.308 e. The minimum Gasteiger partial charge on any atom is -0.494 e. The number of likely N-dealkylation sites (tertiary alicyclic amines) is 1. The Labute approximate surface area is 207 Å². The van der Waals surface area contributed by atoms with Crippen LogP contribution >= 0.6 is 0 Å². The number of hydrogen-bond acceptors (Lipinski definition) is 5. The molecule has 1 aliphatic rings. The van der Waals surface area contributed by atoms with Gasteiger partial charge in [-0.05, 0) is 60.6 Å². The minimum absolute atomic E-state index is 0.00309. The molecule has 0 saturated carbocycles. The van der Waals surface area contributed by atoms with Gasteiger partial charge in [0.05, 0.1) is 6.61 Å². The first-order valence-electron chi connectivity index (χ1n) is 12.2. The van der Waals surface area contributed by atoms with Crippen molar-refractivity contribution in [3.8, 4) is 11.5 Å². The molecule has 1 saturated heterocycles. The fourth-order valence-corrected chi connectivity index (χ4v) is 4.03. The number of piperidine rings is 1. The third-order valence-electron chi connectivity index (χ3n) is 6.06. The topological polar surface area (TPSA) is 84.9 Å². The standard InChI is InChI=1S/C28H36N2O5/c1-20(31)35-25-8-5-7-21(19-25)27(33)29-23-14-16-30(17-15-23)26(32)9-6-18-34-24-12-10-22(11-13-24)28(2,3)4/h5,7-8,10-13,19,23H,6,9,14-18H2,1-4H3,(H,29,33). The highest BCUT2D eigenvalue weighted by molar-refractivity contribution is 5.95. The molecule has 1 aliphatic heterocycles. The number of benzene rings is 2. The highest BCUT2D eigenvalue weighted by Crippen LogP contribution is 2.24. The van der Waals surface area contributed by atoms with E-state index in [9.17, 15) is 14.4 Å². The number of carbonyl (C=O) groups is 3. The number of esters is 1. The Kier molecular flexibility index (Phi) is 8.90. The van der Waals surface area contributed by atoms with Gasteiger partial charge in [0.2, 0.25) is 5.91 Å². The number of nitrogens with one attached hydrogen (secondary N) is 1. The molecule has 1 fully saturated rings. The molecule has 1 heterocycles. The van der Waals surface area contributed by atoms with Crippen LogP contribution < -0.4 is 14.8 Å². The van der Waals surface area contributed by atoms with Crippen molar-refractivity contribution in [3.05, 3.63) is 59.7 Å². The average molecular weight is 481 g/mol. The molecule has 7 heteroatoms. The lowest BCUT2D eigenvalue weighted by molar-refractivity contribution is -0.133. The molecule has 0 aromatic heterocycles. The van der Waals surface area contributed by atoms with Gasteiger partial charge in [-0.2, -0.15) is 0 Å². The Morgan fingerprint density at radius 1 is 1.00 bits per heavy atom. The number of amides is 2. The van der Waals surface area contributed by atoms with Crippen molar-refractivity contribution in [2.75, 3.05) is 19.7 Å². The van der Waals surface area contributed by atoms with Crippen LogP contribution in [-0.2, 0) is 15.0 Å². The van der Waals surface area contributed by atoms with Gasteiger partial charge in [-0.15, -0.1) is 0 Å². The van der Waals surface area contributed by atoms with Gasteiger partial charge in [0.25, 0.3) is 5.91 Å². The van der Waals surface area contributed by atoms with Gasteiger partial charge in [0.1, 0.15) is 11.5 Å². The summed E-state index contributed by atoms with van der Waals surface area (Å²) in [5.41, 5.74) is 1.81. The summed E-state index contributed by atoms with van der Waals surface area (Å²) in [6.07, 6.45) is 2.52. The van der Waals surface area contributed by atoms with Crippen LogP contribution in [0.5, 0.6) is 11.5 Å². The molecular formula is C28H36N2O5. The normalized spacial score (nSPS) is 14.3. The van der Waals surface area contributed by atoms with Gasteiger partial charge in [0, 0.05) is 38.0 Å². The molecule has 0 radical (unpaired) electrons. The second-order valence-electron chi connectivity index (χ2n) is 9.98. The Hall–Kier alpha value is -3.35. The second kappa shape index (κ2) is 11.9. The summed E-state index contributed by atoms with van der Waals surface area (Å²) in [4.78, 5) is 38.1. The predicted octanol–water partition coefficient (Wildman–Crippen LogP) is 4.49. The molecule has 3 rings (SSSR count). The van der Waals surface area contributed by atoms with E-state index >= 15 is 0 Å². The molecule has 0 unspecified atom stereocenters. The first-order valence-corrected chi connectivity index (χ1v) is 12.2. The van der Waals surface area contributed by atoms with Crippen molar-refractivity contribution in [3.63, 3.8) is 0 Å². The first kappa shape index (κ1) is 26.3. The Morgan fingerprint density at radius 3 is 2.31 bits per heavy atom. The van der Waals surface area contributed by atoms with Crippen LogP contribution in [0.3, 0.4) is 0 Å². The van der Waals surface area contributed by atoms with Crippen molar-refractivity contribution in [1.29, 1.82) is 0 Å². The van der Waals surface area contributed by atoms with Gasteiger partial charge in [-0.1, -0.05) is 39.0 Å². The van der Waals surface area contributed by atoms with Crippen LogP contribution in [0.15, 0.2) is 48.5 Å². The van der Waals surface area contributed by atoms with Crippen molar-refractivity contribution in [2.45, 2.75) is 64.8 Å². The lowest BCUT2D eigenvalue weighted by atomic mass is 9.87. The second-order valence-corrected chi connectivity index (χ2v) is 9.98. The summed E-state index contributed by atoms with van der Waals surface area (Å²) in [5.74, 6) is 0.643. The van der Waals surface area contributed by atoms with E-state index in [0.717, 1.165) is 5.75 Å². The number of rotatable bonds is 8. The lowest BCUT2D eigenvalue weighted by Crippen LogP contribution is -2.46. The number of carbonyl (C=O) groups excluding carboxylic acids is 3. The Morgan fingerprint density at radius 2 is 1.69 bits per heavy atom. The van der Waals surface area contributed by atoms with Crippen LogP contribution in [0.4, 0.5) is 0 Å². The van der Waals surface area contributed by atoms with Gasteiger partial charge in [-0.3, -0.25) is 14.4 Å². The van der Waals surface area contributed by atoms with Crippen molar-refractivity contribution >= 4 is 17.8 Å². The third kappa shape index (κ3) is 8.12. The highest BCUT2D eigenvalue weighted by atomic mass is 16.5. The maximum atomic E-state index is 12.6. The molecule has 35 heavy (non-hydrogen) atoms. The Balaban J connectivity index is 1.36. The van der Waals surface area contributed by atoms with Crippen molar-refractivity contribution in [1.82, 2.24) is 10.2 Å². The van der Waals surface area contributed by atoms with Crippen LogP contribution in [0.2, 0.25) is 0 Å². The van der Waals surface area contributed by atoms with E-state index in [-0.39, 0.29) is 23.3 Å². The molecule has 0 spiro atoms. The summed E-state index contributed by atoms with van der Waals surface area (Å²) in [6, 6.07) is 14.7. The fraction of sp³-hybridized carbons (Fsp3) is 0.464. The summed E-state index contributed by atoms with van der Waals surface area (Å²) < 4.78 is 10.8. The summed E-state index contributed by atoms with van der Waals surface area (Å²) in [6.45, 7) is 9.59. The molecule has 2 aromatic carbocycles. The van der Waals surface area contributed by atoms with Crippen molar-refractivity contribution in [2.24, 2.45) is 0 Å². The zero-order valence-corrected chi connectivity index (χ0v) is 21.1. The zero-order chi connectivity index (χ0) is 25.4. The zero-order valence-electron chi connectivity index (χ0n) is 21.1. The van der Waals surface area contributed by atoms with Gasteiger partial charge in [-0.25, -0.2) is 0 Å². The SMILES string of the molecule is CC(=O)Oc1cccc(C(=O)NC2CCN(C(=O)CCCOc3ccc(C(C)(C)C)cc3)CC2)c1. The molecule has 188 valence electrons. The first-order chi connectivity index (χ1) is 16.6. The van der Waals surface area contributed by atoms with Crippen LogP contribution in [-0.4, -0.2) is 48.4 Å². The maximum Gasteiger partial charge on any atom is 0.308 e. The number of hydrogen-bond donors (Lipinski definition) is 1. The molecule has 1 N–H and O–H groups in total. The lowest BCUT2D eigenvalue weighted by Gasteiger charge is -2.32. The van der Waals surface area contributed by atoms with Gasteiger partial charge in [0.15, 0.2) is 0 Å². The minimum atomic E-state index is -0.430. The van der Waals surface area contributed by atoms with Gasteiger partial charge >= 0.3 is 5.97 Å². The summed E-state index contributed by atoms with van der Waals surface area (Å²) in [7, 11) is 0. The van der Waals surface area contributed by atoms with Crippen LogP contribution in [0.25, 0.3) is 0 Å². The van der Waals surface area contributed by atoms with E-state index in [1.54, 1.807) is 24.3 Å². The molecule has 2 amide bonds. The van der Waals surface area contributed by atoms with Crippen molar-refractivity contribution < 1.29 is 23.9 Å². The van der Waals surface area contributed by atoms with Crippen LogP contribution in [0.1, 0.15) is 69.3 Å². The maximum absolute atomic E-state index is 12.6. The van der Waals surface area contributed by atoms with E-state index in [1.165, 1.54) is 12.5 Å². The predicted molar refractivity (Wildman–Crippen MR) is 135 cm³/mol. The molecule has 0 bridgehead atoms. The highest BCUT2D eigenvalue weighted by Gasteiger charge is 2.24. The summed E-state index contributed by atoms with van der Waals surface area (Å²) >= 11 is 0. The van der Waals surface area contributed by atoms with E-state index in [1.807, 2.05) is 17.0 Å². The summed E-state index contributed by atoms with van der Waals surface area (Å²) in [5, 5.41) is 3.02. The van der Waals surface area contributed by atoms with E-state index in [0.29, 0.717) is 56.7 Å². The Bertz CT molecular complexity index is 1020. The molecular weight excluding hydrogens is 444 g/mol. The van der Waals surface area contributed by atoms with Crippen LogP contribution in [0, 0.1) is 0 Å². The molecule has 7 nitrogen and oxygen atoms in total. The third-order valence-corrected chi connectivity index (χ3v) is 6.06. The quantitative estimate of drug-likeness (QED) is 0.342.